The molecule has 0 atom stereocenters. The molecule has 3 aromatic rings. The maximum atomic E-state index is 12.7. The van der Waals surface area contributed by atoms with Gasteiger partial charge in [0, 0.05) is 4.47 Å². The number of primary amides is 1. The molecule has 0 saturated carbocycles. The maximum absolute atomic E-state index is 12.7. The van der Waals surface area contributed by atoms with Crippen molar-refractivity contribution in [2.45, 2.75) is 6.92 Å². The number of aryl methyl sites for hydroxylation is 1. The average Bonchev–Trinajstić information content (AvgIpc) is 2.61. The molecule has 0 spiro atoms. The van der Waals surface area contributed by atoms with Crippen molar-refractivity contribution in [3.05, 3.63) is 67.6 Å². The number of hydrogen-bond acceptors (Lipinski definition) is 5. The van der Waals surface area contributed by atoms with Crippen LogP contribution in [-0.4, -0.2) is 28.4 Å². The molecule has 0 aliphatic rings. The molecule has 0 radical (unpaired) electrons. The molecule has 1 amide bonds. The van der Waals surface area contributed by atoms with E-state index in [9.17, 15) is 9.59 Å². The third-order valence-electron chi connectivity index (χ3n) is 3.62. The second-order valence-electron chi connectivity index (χ2n) is 5.63. The molecule has 2 aromatic carbocycles. The van der Waals surface area contributed by atoms with Crippen molar-refractivity contribution in [2.75, 3.05) is 6.61 Å². The molecular formula is C18H14BrClN4O3. The fraction of sp³-hybridized carbons (Fsp3) is 0.111. The van der Waals surface area contributed by atoms with E-state index in [2.05, 4.69) is 26.0 Å². The highest BCUT2D eigenvalue weighted by Gasteiger charge is 2.08. The zero-order chi connectivity index (χ0) is 19.6. The SMILES string of the molecule is Cc1nc2ccc(Br)cc2c(=O)n1N=Cc1ccc(OCC(N)=O)c(Cl)c1. The zero-order valence-corrected chi connectivity index (χ0v) is 16.5. The van der Waals surface area contributed by atoms with Gasteiger partial charge in [-0.2, -0.15) is 9.78 Å². The molecule has 0 aliphatic heterocycles. The molecular weight excluding hydrogens is 436 g/mol. The molecule has 138 valence electrons. The van der Waals surface area contributed by atoms with E-state index in [1.807, 2.05) is 6.07 Å². The van der Waals surface area contributed by atoms with E-state index >= 15 is 0 Å². The number of nitrogens with two attached hydrogens (primary N) is 1. The Morgan fingerprint density at radius 1 is 1.37 bits per heavy atom. The highest BCUT2D eigenvalue weighted by Crippen LogP contribution is 2.25. The fourth-order valence-corrected chi connectivity index (χ4v) is 2.99. The van der Waals surface area contributed by atoms with Gasteiger partial charge in [0.1, 0.15) is 11.6 Å². The molecule has 1 heterocycles. The minimum Gasteiger partial charge on any atom is -0.482 e. The van der Waals surface area contributed by atoms with Crippen molar-refractivity contribution in [3.63, 3.8) is 0 Å². The lowest BCUT2D eigenvalue weighted by atomic mass is 10.2. The second-order valence-corrected chi connectivity index (χ2v) is 6.95. The van der Waals surface area contributed by atoms with E-state index in [-0.39, 0.29) is 12.2 Å². The van der Waals surface area contributed by atoms with Gasteiger partial charge >= 0.3 is 0 Å². The van der Waals surface area contributed by atoms with Crippen LogP contribution in [0.4, 0.5) is 0 Å². The van der Waals surface area contributed by atoms with Crippen LogP contribution in [0.15, 0.2) is 50.8 Å². The van der Waals surface area contributed by atoms with Gasteiger partial charge in [0.15, 0.2) is 6.61 Å². The molecule has 9 heteroatoms. The maximum Gasteiger partial charge on any atom is 0.282 e. The van der Waals surface area contributed by atoms with Crippen LogP contribution in [0.3, 0.4) is 0 Å². The first-order valence-electron chi connectivity index (χ1n) is 7.79. The van der Waals surface area contributed by atoms with E-state index in [1.54, 1.807) is 37.3 Å². The topological polar surface area (TPSA) is 99.6 Å². The number of amides is 1. The van der Waals surface area contributed by atoms with Gasteiger partial charge < -0.3 is 10.5 Å². The molecule has 27 heavy (non-hydrogen) atoms. The fourth-order valence-electron chi connectivity index (χ4n) is 2.38. The van der Waals surface area contributed by atoms with Crippen LogP contribution in [0.1, 0.15) is 11.4 Å². The Balaban J connectivity index is 1.93. The minimum absolute atomic E-state index is 0.264. The first-order chi connectivity index (χ1) is 12.8. The highest BCUT2D eigenvalue weighted by molar-refractivity contribution is 9.10. The van der Waals surface area contributed by atoms with Gasteiger partial charge in [-0.1, -0.05) is 27.5 Å². The van der Waals surface area contributed by atoms with Gasteiger partial charge in [-0.05, 0) is 48.9 Å². The first kappa shape index (κ1) is 19.1. The molecule has 7 nitrogen and oxygen atoms in total. The van der Waals surface area contributed by atoms with E-state index in [0.29, 0.717) is 33.1 Å². The van der Waals surface area contributed by atoms with E-state index in [4.69, 9.17) is 22.1 Å². The zero-order valence-electron chi connectivity index (χ0n) is 14.1. The van der Waals surface area contributed by atoms with E-state index in [1.165, 1.54) is 10.9 Å². The molecule has 2 N–H and O–H groups in total. The number of benzene rings is 2. The van der Waals surface area contributed by atoms with Crippen molar-refractivity contribution >= 4 is 50.6 Å². The Hall–Kier alpha value is -2.71. The van der Waals surface area contributed by atoms with Crippen LogP contribution in [0.2, 0.25) is 5.02 Å². The summed E-state index contributed by atoms with van der Waals surface area (Å²) in [6.45, 7) is 1.44. The van der Waals surface area contributed by atoms with E-state index < -0.39 is 5.91 Å². The van der Waals surface area contributed by atoms with Gasteiger partial charge in [-0.15, -0.1) is 0 Å². The van der Waals surface area contributed by atoms with Gasteiger partial charge in [-0.3, -0.25) is 9.59 Å². The lowest BCUT2D eigenvalue weighted by Crippen LogP contribution is -2.20. The molecule has 3 rings (SSSR count). The Morgan fingerprint density at radius 3 is 2.85 bits per heavy atom. The minimum atomic E-state index is -0.595. The van der Waals surface area contributed by atoms with Gasteiger partial charge in [-0.25, -0.2) is 4.98 Å². The standard InChI is InChI=1S/C18H14BrClN4O3/c1-10-23-15-4-3-12(19)7-13(15)18(26)24(10)22-8-11-2-5-16(14(20)6-11)27-9-17(21)25/h2-8H,9H2,1H3,(H2,21,25). The quantitative estimate of drug-likeness (QED) is 0.605. The third kappa shape index (κ3) is 4.35. The van der Waals surface area contributed by atoms with Crippen LogP contribution in [0.25, 0.3) is 10.9 Å². The Morgan fingerprint density at radius 2 is 2.15 bits per heavy atom. The summed E-state index contributed by atoms with van der Waals surface area (Å²) in [4.78, 5) is 27.9. The number of ether oxygens (including phenoxy) is 1. The largest absolute Gasteiger partial charge is 0.482 e. The number of halogens is 2. The number of carbonyl (C=O) groups is 1. The second kappa shape index (κ2) is 7.89. The number of aromatic nitrogens is 2. The third-order valence-corrected chi connectivity index (χ3v) is 4.41. The number of carbonyl (C=O) groups excluding carboxylic acids is 1. The Kier molecular flexibility index (Phi) is 5.57. The molecule has 0 unspecified atom stereocenters. The summed E-state index contributed by atoms with van der Waals surface area (Å²) >= 11 is 9.48. The lowest BCUT2D eigenvalue weighted by Gasteiger charge is -2.07. The van der Waals surface area contributed by atoms with Crippen molar-refractivity contribution < 1.29 is 9.53 Å². The van der Waals surface area contributed by atoms with E-state index in [0.717, 1.165) is 4.47 Å². The Labute approximate surface area is 167 Å². The summed E-state index contributed by atoms with van der Waals surface area (Å²) in [6.07, 6.45) is 1.49. The van der Waals surface area contributed by atoms with Crippen LogP contribution in [-0.2, 0) is 4.79 Å². The Bertz CT molecular complexity index is 1130. The van der Waals surface area contributed by atoms with Crippen LogP contribution in [0, 0.1) is 6.92 Å². The monoisotopic (exact) mass is 448 g/mol. The summed E-state index contributed by atoms with van der Waals surface area (Å²) in [6, 6.07) is 10.2. The summed E-state index contributed by atoms with van der Waals surface area (Å²) < 4.78 is 7.20. The van der Waals surface area contributed by atoms with Crippen molar-refractivity contribution in [1.29, 1.82) is 0 Å². The average molecular weight is 450 g/mol. The van der Waals surface area contributed by atoms with Gasteiger partial charge in [0.25, 0.3) is 11.5 Å². The normalized spacial score (nSPS) is 11.2. The lowest BCUT2D eigenvalue weighted by molar-refractivity contribution is -0.119. The van der Waals surface area contributed by atoms with Crippen LogP contribution in [0.5, 0.6) is 5.75 Å². The van der Waals surface area contributed by atoms with Crippen molar-refractivity contribution in [3.8, 4) is 5.75 Å². The number of hydrogen-bond donors (Lipinski definition) is 1. The summed E-state index contributed by atoms with van der Waals surface area (Å²) in [5, 5.41) is 4.98. The number of fused-ring (bicyclic) bond motifs is 1. The summed E-state index contributed by atoms with van der Waals surface area (Å²) in [7, 11) is 0. The predicted octanol–water partition coefficient (Wildman–Crippen LogP) is 2.87. The van der Waals surface area contributed by atoms with Gasteiger partial charge in [0.05, 0.1) is 22.1 Å². The van der Waals surface area contributed by atoms with Crippen molar-refractivity contribution in [1.82, 2.24) is 9.66 Å². The molecule has 0 fully saturated rings. The van der Waals surface area contributed by atoms with Crippen LogP contribution >= 0.6 is 27.5 Å². The van der Waals surface area contributed by atoms with Crippen molar-refractivity contribution in [2.24, 2.45) is 10.8 Å². The van der Waals surface area contributed by atoms with Gasteiger partial charge in [0.2, 0.25) is 0 Å². The first-order valence-corrected chi connectivity index (χ1v) is 8.96. The molecule has 1 aromatic heterocycles. The smallest absolute Gasteiger partial charge is 0.282 e. The molecule has 0 saturated heterocycles. The highest BCUT2D eigenvalue weighted by atomic mass is 79.9. The number of nitrogens with zero attached hydrogens (tertiary/aromatic N) is 3. The summed E-state index contributed by atoms with van der Waals surface area (Å²) in [5.41, 5.74) is 6.01. The summed E-state index contributed by atoms with van der Waals surface area (Å²) in [5.74, 6) is 0.193. The van der Waals surface area contributed by atoms with Crippen LogP contribution < -0.4 is 16.0 Å². The number of rotatable bonds is 5. The molecule has 0 aliphatic carbocycles. The molecule has 0 bridgehead atoms. The predicted molar refractivity (Wildman–Crippen MR) is 108 cm³/mol.